The van der Waals surface area contributed by atoms with Crippen molar-refractivity contribution in [3.63, 3.8) is 0 Å². The predicted octanol–water partition coefficient (Wildman–Crippen LogP) is 2.80. The fourth-order valence-corrected chi connectivity index (χ4v) is 6.04. The number of amides is 1. The van der Waals surface area contributed by atoms with E-state index in [9.17, 15) is 18.3 Å². The van der Waals surface area contributed by atoms with Crippen LogP contribution in [0.2, 0.25) is 0 Å². The lowest BCUT2D eigenvalue weighted by atomic mass is 10.00. The number of rotatable bonds is 9. The molecule has 1 aliphatic heterocycles. The van der Waals surface area contributed by atoms with E-state index >= 15 is 0 Å². The minimum atomic E-state index is -3.50. The maximum atomic E-state index is 13.5. The van der Waals surface area contributed by atoms with E-state index in [2.05, 4.69) is 33.0 Å². The van der Waals surface area contributed by atoms with Crippen molar-refractivity contribution < 1.29 is 18.3 Å². The Morgan fingerprint density at radius 1 is 1.22 bits per heavy atom. The molecule has 1 amide bonds. The fourth-order valence-electron chi connectivity index (χ4n) is 4.94. The molecule has 2 heterocycles. The zero-order valence-electron chi connectivity index (χ0n) is 20.5. The summed E-state index contributed by atoms with van der Waals surface area (Å²) in [4.78, 5) is 13.5. The van der Waals surface area contributed by atoms with Crippen molar-refractivity contribution in [2.24, 2.45) is 0 Å². The van der Waals surface area contributed by atoms with E-state index in [1.165, 1.54) is 0 Å². The summed E-state index contributed by atoms with van der Waals surface area (Å²) < 4.78 is 29.9. The molecule has 0 unspecified atom stereocenters. The van der Waals surface area contributed by atoms with Crippen LogP contribution in [0.1, 0.15) is 47.7 Å². The number of aryl methyl sites for hydroxylation is 2. The number of aliphatic hydroxyl groups is 1. The lowest BCUT2D eigenvalue weighted by Crippen LogP contribution is -2.49. The number of aromatic nitrogens is 1. The Kier molecular flexibility index (Phi) is 7.05. The predicted molar refractivity (Wildman–Crippen MR) is 142 cm³/mol. The molecule has 0 radical (unpaired) electrons. The molecule has 3 aromatic rings. The molecule has 9 heteroatoms. The first-order valence-corrected chi connectivity index (χ1v) is 14.4. The first kappa shape index (κ1) is 24.8. The number of nitrogens with one attached hydrogen (secondary N) is 3. The molecule has 0 spiro atoms. The summed E-state index contributed by atoms with van der Waals surface area (Å²) in [5.74, 6) is -0.306. The Bertz CT molecular complexity index is 1350. The Labute approximate surface area is 212 Å². The third-order valence-electron chi connectivity index (χ3n) is 7.05. The summed E-state index contributed by atoms with van der Waals surface area (Å²) in [7, 11) is -3.50. The van der Waals surface area contributed by atoms with Gasteiger partial charge in [-0.3, -0.25) is 9.52 Å². The minimum Gasteiger partial charge on any atom is -0.390 e. The Balaban J connectivity index is 1.46. The van der Waals surface area contributed by atoms with Gasteiger partial charge in [0.2, 0.25) is 10.0 Å². The van der Waals surface area contributed by atoms with Crippen LogP contribution < -0.4 is 15.4 Å². The summed E-state index contributed by atoms with van der Waals surface area (Å²) >= 11 is 0. The van der Waals surface area contributed by atoms with Crippen LogP contribution in [0, 0.1) is 0 Å². The number of carbonyl (C=O) groups excluding carboxylic acids is 1. The van der Waals surface area contributed by atoms with Crippen LogP contribution in [0.15, 0.2) is 48.7 Å². The molecule has 2 aliphatic rings. The van der Waals surface area contributed by atoms with Gasteiger partial charge in [-0.2, -0.15) is 0 Å². The number of aliphatic hydroxyl groups excluding tert-OH is 1. The maximum Gasteiger partial charge on any atom is 0.251 e. The van der Waals surface area contributed by atoms with Gasteiger partial charge >= 0.3 is 0 Å². The van der Waals surface area contributed by atoms with Gasteiger partial charge in [-0.05, 0) is 55.4 Å². The van der Waals surface area contributed by atoms with Crippen LogP contribution in [-0.2, 0) is 29.4 Å². The molecule has 0 saturated heterocycles. The summed E-state index contributed by atoms with van der Waals surface area (Å²) in [6.45, 7) is 3.05. The zero-order valence-corrected chi connectivity index (χ0v) is 21.4. The van der Waals surface area contributed by atoms with E-state index in [1.54, 1.807) is 6.07 Å². The number of nitrogens with zero attached hydrogens (tertiary/aromatic N) is 1. The molecule has 5 rings (SSSR count). The summed E-state index contributed by atoms with van der Waals surface area (Å²) in [6, 6.07) is 13.2. The molecule has 2 aromatic carbocycles. The third-order valence-corrected chi connectivity index (χ3v) is 8.40. The lowest BCUT2D eigenvalue weighted by molar-refractivity contribution is 0.0830. The van der Waals surface area contributed by atoms with E-state index in [-0.39, 0.29) is 11.7 Å². The summed E-state index contributed by atoms with van der Waals surface area (Å²) in [5.41, 5.74) is 3.68. The highest BCUT2D eigenvalue weighted by Crippen LogP contribution is 2.33. The van der Waals surface area contributed by atoms with Crippen molar-refractivity contribution in [2.45, 2.75) is 63.8 Å². The van der Waals surface area contributed by atoms with Crippen molar-refractivity contribution in [1.82, 2.24) is 15.2 Å². The molecule has 8 nitrogen and oxygen atoms in total. The normalized spacial score (nSPS) is 18.6. The highest BCUT2D eigenvalue weighted by atomic mass is 32.2. The summed E-state index contributed by atoms with van der Waals surface area (Å²) in [6.07, 6.45) is 5.29. The number of sulfonamides is 1. The Morgan fingerprint density at radius 2 is 2.00 bits per heavy atom. The van der Waals surface area contributed by atoms with Gasteiger partial charge in [-0.25, -0.2) is 8.42 Å². The fraction of sp³-hybridized carbons (Fsp3) is 0.444. The largest absolute Gasteiger partial charge is 0.390 e. The van der Waals surface area contributed by atoms with Crippen molar-refractivity contribution in [3.05, 3.63) is 65.4 Å². The Hall–Kier alpha value is -2.88. The minimum absolute atomic E-state index is 0.0311. The second-order valence-corrected chi connectivity index (χ2v) is 11.8. The molecule has 1 aromatic heterocycles. The molecule has 1 saturated carbocycles. The van der Waals surface area contributed by atoms with Crippen LogP contribution in [0.4, 0.5) is 5.69 Å². The zero-order chi connectivity index (χ0) is 25.3. The monoisotopic (exact) mass is 510 g/mol. The molecule has 1 fully saturated rings. The summed E-state index contributed by atoms with van der Waals surface area (Å²) in [5, 5.41) is 18.2. The van der Waals surface area contributed by atoms with Crippen LogP contribution in [0.5, 0.6) is 0 Å². The second-order valence-electron chi connectivity index (χ2n) is 9.92. The molecule has 36 heavy (non-hydrogen) atoms. The van der Waals surface area contributed by atoms with Crippen LogP contribution >= 0.6 is 0 Å². The standard InChI is InChI=1S/C27H34N4O4S/c1-2-19-17-31-11-6-12-36(34,35)30-24-15-20(14-22(19)26(24)31)27(33)29-23(13-18-7-4-3-5-8-18)25(32)16-28-21-9-10-21/h3-5,7-8,14-15,17,21,23,25,28,30,32H,2,6,9-13,16H2,1H3,(H,29,33)/t23-,25+/m0/s1. The van der Waals surface area contributed by atoms with Crippen molar-refractivity contribution in [2.75, 3.05) is 17.0 Å². The molecule has 0 bridgehead atoms. The van der Waals surface area contributed by atoms with Gasteiger partial charge in [0.15, 0.2) is 0 Å². The SMILES string of the molecule is CCc1cn2c3c(cc(C(=O)N[C@@H](Cc4ccccc4)[C@H](O)CNC4CC4)cc13)NS(=O)(=O)CCC2. The first-order chi connectivity index (χ1) is 17.3. The second kappa shape index (κ2) is 10.2. The number of carbonyl (C=O) groups is 1. The van der Waals surface area contributed by atoms with Gasteiger partial charge in [0.05, 0.1) is 29.1 Å². The average Bonchev–Trinajstić information content (AvgIpc) is 3.61. The molecule has 4 N–H and O–H groups in total. The first-order valence-electron chi connectivity index (χ1n) is 12.8. The van der Waals surface area contributed by atoms with Gasteiger partial charge in [-0.15, -0.1) is 0 Å². The van der Waals surface area contributed by atoms with Gasteiger partial charge < -0.3 is 20.3 Å². The highest BCUT2D eigenvalue weighted by molar-refractivity contribution is 7.92. The van der Waals surface area contributed by atoms with E-state index < -0.39 is 22.2 Å². The van der Waals surface area contributed by atoms with Crippen LogP contribution in [0.25, 0.3) is 10.9 Å². The van der Waals surface area contributed by atoms with Crippen LogP contribution in [-0.4, -0.2) is 54.5 Å². The van der Waals surface area contributed by atoms with E-state index in [4.69, 9.17) is 0 Å². The van der Waals surface area contributed by atoms with Gasteiger partial charge in [-0.1, -0.05) is 37.3 Å². The van der Waals surface area contributed by atoms with E-state index in [0.717, 1.165) is 41.3 Å². The Morgan fingerprint density at radius 3 is 2.72 bits per heavy atom. The van der Waals surface area contributed by atoms with Crippen molar-refractivity contribution in [1.29, 1.82) is 0 Å². The molecule has 1 aliphatic carbocycles. The molecule has 2 atom stereocenters. The molecule has 192 valence electrons. The van der Waals surface area contributed by atoms with E-state index in [1.807, 2.05) is 36.4 Å². The van der Waals surface area contributed by atoms with Crippen LogP contribution in [0.3, 0.4) is 0 Å². The number of hydrogen-bond acceptors (Lipinski definition) is 5. The molecular weight excluding hydrogens is 476 g/mol. The highest BCUT2D eigenvalue weighted by Gasteiger charge is 2.27. The lowest BCUT2D eigenvalue weighted by Gasteiger charge is -2.25. The third kappa shape index (κ3) is 5.58. The number of hydrogen-bond donors (Lipinski definition) is 4. The van der Waals surface area contributed by atoms with Gasteiger partial charge in [0, 0.05) is 36.3 Å². The maximum absolute atomic E-state index is 13.5. The quantitative estimate of drug-likeness (QED) is 0.354. The number of benzene rings is 2. The van der Waals surface area contributed by atoms with Gasteiger partial charge in [0.25, 0.3) is 5.91 Å². The van der Waals surface area contributed by atoms with Gasteiger partial charge in [0.1, 0.15) is 0 Å². The topological polar surface area (TPSA) is 112 Å². The van der Waals surface area contributed by atoms with Crippen molar-refractivity contribution >= 4 is 32.5 Å². The van der Waals surface area contributed by atoms with Crippen molar-refractivity contribution in [3.8, 4) is 0 Å². The smallest absolute Gasteiger partial charge is 0.251 e. The average molecular weight is 511 g/mol. The number of anilines is 1. The molecular formula is C27H34N4O4S. The van der Waals surface area contributed by atoms with E-state index in [0.29, 0.717) is 43.2 Å².